The molecule has 1 aromatic heterocycles. The molecule has 0 unspecified atom stereocenters. The number of benzene rings is 2. The molecule has 0 saturated heterocycles. The maximum atomic E-state index is 13.0. The summed E-state index contributed by atoms with van der Waals surface area (Å²) in [6.45, 7) is 4.48. The fourth-order valence-electron chi connectivity index (χ4n) is 2.97. The van der Waals surface area contributed by atoms with Gasteiger partial charge in [0.25, 0.3) is 15.6 Å². The predicted octanol–water partition coefficient (Wildman–Crippen LogP) is 2.82. The van der Waals surface area contributed by atoms with Crippen LogP contribution in [0.15, 0.2) is 64.3 Å². The van der Waals surface area contributed by atoms with E-state index in [2.05, 4.69) is 10.0 Å². The predicted molar refractivity (Wildman–Crippen MR) is 113 cm³/mol. The van der Waals surface area contributed by atoms with Crippen LogP contribution in [0.5, 0.6) is 0 Å². The Labute approximate surface area is 169 Å². The van der Waals surface area contributed by atoms with E-state index >= 15 is 0 Å². The van der Waals surface area contributed by atoms with Crippen molar-refractivity contribution in [3.63, 3.8) is 0 Å². The molecule has 0 aliphatic rings. The molecule has 0 amide bonds. The van der Waals surface area contributed by atoms with E-state index in [9.17, 15) is 13.2 Å². The average Bonchev–Trinajstić information content (AvgIpc) is 2.69. The molecule has 0 aliphatic carbocycles. The Kier molecular flexibility index (Phi) is 6.01. The lowest BCUT2D eigenvalue weighted by atomic mass is 10.2. The van der Waals surface area contributed by atoms with Gasteiger partial charge in [-0.1, -0.05) is 32.0 Å². The molecule has 2 N–H and O–H groups in total. The van der Waals surface area contributed by atoms with Gasteiger partial charge in [-0.25, -0.2) is 8.42 Å². The first-order valence-electron chi connectivity index (χ1n) is 9.16. The largest absolute Gasteiger partial charge is 0.310 e. The monoisotopic (exact) mass is 410 g/mol. The number of para-hydroxylation sites is 1. The fourth-order valence-corrected chi connectivity index (χ4v) is 4.11. The van der Waals surface area contributed by atoms with Crippen LogP contribution in [0.25, 0.3) is 10.9 Å². The molecule has 0 spiro atoms. The maximum absolute atomic E-state index is 13.0. The number of nitrogens with one attached hydrogen (secondary N) is 2. The summed E-state index contributed by atoms with van der Waals surface area (Å²) in [5, 5.41) is 12.8. The van der Waals surface area contributed by atoms with E-state index in [0.717, 1.165) is 5.56 Å². The molecule has 29 heavy (non-hydrogen) atoms. The van der Waals surface area contributed by atoms with Crippen molar-refractivity contribution < 1.29 is 8.42 Å². The van der Waals surface area contributed by atoms with Gasteiger partial charge in [0.05, 0.1) is 22.2 Å². The van der Waals surface area contributed by atoms with E-state index < -0.39 is 10.0 Å². The fraction of sp³-hybridized carbons (Fsp3) is 0.238. The van der Waals surface area contributed by atoms with Crippen LogP contribution in [0.4, 0.5) is 5.69 Å². The van der Waals surface area contributed by atoms with Gasteiger partial charge in [0.1, 0.15) is 6.54 Å². The summed E-state index contributed by atoms with van der Waals surface area (Å²) < 4.78 is 29.9. The van der Waals surface area contributed by atoms with Gasteiger partial charge in [-0.15, -0.1) is 0 Å². The first-order chi connectivity index (χ1) is 13.8. The zero-order valence-corrected chi connectivity index (χ0v) is 17.0. The minimum absolute atomic E-state index is 0.0822. The number of aromatic nitrogens is 1. The van der Waals surface area contributed by atoms with Gasteiger partial charge in [0.15, 0.2) is 0 Å². The number of pyridine rings is 1. The van der Waals surface area contributed by atoms with E-state index in [1.165, 1.54) is 22.8 Å². The topological polar surface area (TPSA) is 104 Å². The van der Waals surface area contributed by atoms with Gasteiger partial charge in [-0.3, -0.25) is 14.1 Å². The Hall–Kier alpha value is -3.15. The van der Waals surface area contributed by atoms with Crippen molar-refractivity contribution in [2.24, 2.45) is 0 Å². The SMILES string of the molecule is CC(C)NCc1ccccc1NS(=O)(=O)c1ccc2c(ccc(=O)n2CC#N)c1. The molecule has 0 bridgehead atoms. The third-order valence-corrected chi connectivity index (χ3v) is 5.83. The highest BCUT2D eigenvalue weighted by Crippen LogP contribution is 2.23. The zero-order valence-electron chi connectivity index (χ0n) is 16.2. The zero-order chi connectivity index (χ0) is 21.0. The highest BCUT2D eigenvalue weighted by Gasteiger charge is 2.17. The van der Waals surface area contributed by atoms with Crippen molar-refractivity contribution in [2.45, 2.75) is 37.9 Å². The lowest BCUT2D eigenvalue weighted by Crippen LogP contribution is -2.23. The molecule has 3 rings (SSSR count). The van der Waals surface area contributed by atoms with Crippen molar-refractivity contribution in [1.82, 2.24) is 9.88 Å². The number of anilines is 1. The number of hydrogen-bond donors (Lipinski definition) is 2. The van der Waals surface area contributed by atoms with E-state index in [1.54, 1.807) is 24.3 Å². The van der Waals surface area contributed by atoms with E-state index in [-0.39, 0.29) is 23.0 Å². The van der Waals surface area contributed by atoms with Crippen molar-refractivity contribution in [2.75, 3.05) is 4.72 Å². The van der Waals surface area contributed by atoms with Gasteiger partial charge in [-0.05, 0) is 41.3 Å². The van der Waals surface area contributed by atoms with Crippen molar-refractivity contribution >= 4 is 26.6 Å². The third kappa shape index (κ3) is 4.65. The minimum atomic E-state index is -3.83. The second kappa shape index (κ2) is 8.47. The summed E-state index contributed by atoms with van der Waals surface area (Å²) >= 11 is 0. The summed E-state index contributed by atoms with van der Waals surface area (Å²) in [5.74, 6) is 0. The first kappa shape index (κ1) is 20.6. The van der Waals surface area contributed by atoms with Gasteiger partial charge >= 0.3 is 0 Å². The smallest absolute Gasteiger partial charge is 0.261 e. The Morgan fingerprint density at radius 3 is 2.59 bits per heavy atom. The molecule has 8 heteroatoms. The minimum Gasteiger partial charge on any atom is -0.310 e. The molecule has 3 aromatic rings. The summed E-state index contributed by atoms with van der Waals surface area (Å²) in [6.07, 6.45) is 0. The lowest BCUT2D eigenvalue weighted by molar-refractivity contribution is 0.589. The number of fused-ring (bicyclic) bond motifs is 1. The van der Waals surface area contributed by atoms with Gasteiger partial charge in [0, 0.05) is 18.7 Å². The van der Waals surface area contributed by atoms with E-state index in [4.69, 9.17) is 5.26 Å². The first-order valence-corrected chi connectivity index (χ1v) is 10.6. The molecule has 7 nitrogen and oxygen atoms in total. The third-order valence-electron chi connectivity index (χ3n) is 4.46. The molecule has 0 saturated carbocycles. The normalized spacial score (nSPS) is 11.5. The number of rotatable bonds is 7. The average molecular weight is 410 g/mol. The highest BCUT2D eigenvalue weighted by molar-refractivity contribution is 7.92. The Balaban J connectivity index is 1.97. The number of sulfonamides is 1. The molecule has 0 aliphatic heterocycles. The van der Waals surface area contributed by atoms with E-state index in [0.29, 0.717) is 23.1 Å². The maximum Gasteiger partial charge on any atom is 0.261 e. The Bertz CT molecular complexity index is 1240. The van der Waals surface area contributed by atoms with Crippen LogP contribution >= 0.6 is 0 Å². The molecular weight excluding hydrogens is 388 g/mol. The van der Waals surface area contributed by atoms with Crippen LogP contribution in [0.1, 0.15) is 19.4 Å². The second-order valence-corrected chi connectivity index (χ2v) is 8.62. The Morgan fingerprint density at radius 1 is 1.10 bits per heavy atom. The molecule has 2 aromatic carbocycles. The van der Waals surface area contributed by atoms with Crippen LogP contribution in [0.3, 0.4) is 0 Å². The summed E-state index contributed by atoms with van der Waals surface area (Å²) in [7, 11) is -3.83. The van der Waals surface area contributed by atoms with Crippen LogP contribution in [-0.2, 0) is 23.1 Å². The van der Waals surface area contributed by atoms with Gasteiger partial charge in [-0.2, -0.15) is 5.26 Å². The molecule has 0 atom stereocenters. The van der Waals surface area contributed by atoms with Crippen LogP contribution < -0.4 is 15.6 Å². The Morgan fingerprint density at radius 2 is 1.86 bits per heavy atom. The van der Waals surface area contributed by atoms with Crippen LogP contribution in [-0.4, -0.2) is 19.0 Å². The molecular formula is C21H22N4O3S. The van der Waals surface area contributed by atoms with Crippen LogP contribution in [0, 0.1) is 11.3 Å². The highest BCUT2D eigenvalue weighted by atomic mass is 32.2. The number of hydrogen-bond acceptors (Lipinski definition) is 5. The lowest BCUT2D eigenvalue weighted by Gasteiger charge is -2.15. The second-order valence-electron chi connectivity index (χ2n) is 6.93. The van der Waals surface area contributed by atoms with Crippen molar-refractivity contribution in [1.29, 1.82) is 5.26 Å². The van der Waals surface area contributed by atoms with Gasteiger partial charge < -0.3 is 5.32 Å². The summed E-state index contributed by atoms with van der Waals surface area (Å²) in [4.78, 5) is 12.1. The van der Waals surface area contributed by atoms with E-state index in [1.807, 2.05) is 32.0 Å². The molecule has 0 radical (unpaired) electrons. The summed E-state index contributed by atoms with van der Waals surface area (Å²) in [6, 6.07) is 16.8. The molecule has 1 heterocycles. The van der Waals surface area contributed by atoms with Crippen LogP contribution in [0.2, 0.25) is 0 Å². The number of nitriles is 1. The molecule has 150 valence electrons. The number of nitrogens with zero attached hydrogens (tertiary/aromatic N) is 2. The van der Waals surface area contributed by atoms with Crippen molar-refractivity contribution in [3.05, 3.63) is 70.5 Å². The quantitative estimate of drug-likeness (QED) is 0.623. The molecule has 0 fully saturated rings. The summed E-state index contributed by atoms with van der Waals surface area (Å²) in [5.41, 5.74) is 1.56. The van der Waals surface area contributed by atoms with Crippen molar-refractivity contribution in [3.8, 4) is 6.07 Å². The standard InChI is InChI=1S/C21H22N4O3S/c1-15(2)23-14-17-5-3-4-6-19(17)24-29(27,28)18-8-9-20-16(13-18)7-10-21(26)25(20)12-11-22/h3-10,13,15,23-24H,12,14H2,1-2H3. The van der Waals surface area contributed by atoms with Gasteiger partial charge in [0.2, 0.25) is 0 Å².